The summed E-state index contributed by atoms with van der Waals surface area (Å²) in [4.78, 5) is 28.8. The zero-order valence-electron chi connectivity index (χ0n) is 16.0. The Morgan fingerprint density at radius 3 is 2.00 bits per heavy atom. The van der Waals surface area contributed by atoms with Crippen molar-refractivity contribution in [1.82, 2.24) is 9.80 Å². The summed E-state index contributed by atoms with van der Waals surface area (Å²) in [7, 11) is 0. The maximum atomic E-state index is 12.8. The van der Waals surface area contributed by atoms with Crippen molar-refractivity contribution in [2.75, 3.05) is 26.2 Å². The average Bonchev–Trinajstić information content (AvgIpc) is 2.65. The first-order valence-corrected chi connectivity index (χ1v) is 9.56. The number of halogens is 3. The van der Waals surface area contributed by atoms with E-state index in [1.165, 1.54) is 12.1 Å². The fourth-order valence-electron chi connectivity index (χ4n) is 3.93. The van der Waals surface area contributed by atoms with Crippen LogP contribution in [0.4, 0.5) is 13.2 Å². The lowest BCUT2D eigenvalue weighted by Crippen LogP contribution is -2.51. The van der Waals surface area contributed by atoms with Crippen molar-refractivity contribution in [3.63, 3.8) is 0 Å². The van der Waals surface area contributed by atoms with Gasteiger partial charge in [0.1, 0.15) is 0 Å². The summed E-state index contributed by atoms with van der Waals surface area (Å²) in [5.74, 6) is -0.328. The maximum absolute atomic E-state index is 12.8. The highest BCUT2D eigenvalue weighted by molar-refractivity contribution is 5.94. The molecule has 0 bridgehead atoms. The maximum Gasteiger partial charge on any atom is 0.416 e. The van der Waals surface area contributed by atoms with Crippen LogP contribution in [0, 0.1) is 5.92 Å². The number of piperidine rings is 1. The minimum Gasteiger partial charge on any atom is -0.372 e. The Labute approximate surface area is 162 Å². The predicted molar refractivity (Wildman–Crippen MR) is 96.7 cm³/mol. The van der Waals surface area contributed by atoms with Crippen molar-refractivity contribution in [3.05, 3.63) is 35.4 Å². The number of likely N-dealkylation sites (tertiary alicyclic amines) is 1. The lowest BCUT2D eigenvalue weighted by Gasteiger charge is -2.39. The highest BCUT2D eigenvalue weighted by Gasteiger charge is 2.34. The molecule has 0 unspecified atom stereocenters. The summed E-state index contributed by atoms with van der Waals surface area (Å²) in [6.07, 6.45) is -3.28. The topological polar surface area (TPSA) is 49.9 Å². The van der Waals surface area contributed by atoms with Crippen molar-refractivity contribution in [2.24, 2.45) is 5.92 Å². The number of hydrogen-bond donors (Lipinski definition) is 0. The molecule has 154 valence electrons. The van der Waals surface area contributed by atoms with E-state index in [0.29, 0.717) is 39.0 Å². The van der Waals surface area contributed by atoms with Crippen molar-refractivity contribution < 1.29 is 27.5 Å². The third-order valence-corrected chi connectivity index (χ3v) is 5.32. The molecule has 1 aromatic rings. The number of ether oxygens (including phenoxy) is 1. The van der Waals surface area contributed by atoms with Gasteiger partial charge in [-0.15, -0.1) is 0 Å². The van der Waals surface area contributed by atoms with E-state index in [1.807, 2.05) is 18.7 Å². The van der Waals surface area contributed by atoms with Crippen LogP contribution in [0.1, 0.15) is 42.6 Å². The smallest absolute Gasteiger partial charge is 0.372 e. The molecule has 3 rings (SSSR count). The lowest BCUT2D eigenvalue weighted by atomic mass is 9.94. The first-order chi connectivity index (χ1) is 13.1. The van der Waals surface area contributed by atoms with Gasteiger partial charge in [0, 0.05) is 37.7 Å². The molecule has 0 radical (unpaired) electrons. The Hall–Kier alpha value is -2.09. The van der Waals surface area contributed by atoms with E-state index in [1.54, 1.807) is 4.90 Å². The molecule has 0 aromatic heterocycles. The second kappa shape index (κ2) is 8.11. The molecule has 0 saturated carbocycles. The molecule has 2 aliphatic heterocycles. The van der Waals surface area contributed by atoms with Crippen LogP contribution in [0.15, 0.2) is 24.3 Å². The molecule has 2 atom stereocenters. The minimum atomic E-state index is -4.42. The minimum absolute atomic E-state index is 0.00837. The van der Waals surface area contributed by atoms with Crippen molar-refractivity contribution >= 4 is 11.8 Å². The number of carbonyl (C=O) groups is 2. The monoisotopic (exact) mass is 398 g/mol. The van der Waals surface area contributed by atoms with Crippen LogP contribution >= 0.6 is 0 Å². The molecular formula is C20H25F3N2O3. The van der Waals surface area contributed by atoms with Crippen molar-refractivity contribution in [2.45, 2.75) is 45.1 Å². The zero-order valence-corrected chi connectivity index (χ0v) is 16.0. The van der Waals surface area contributed by atoms with E-state index in [2.05, 4.69) is 0 Å². The standard InChI is InChI=1S/C20H25F3N2O3/c1-13-11-25(12-14(2)28-13)19(27)16-7-9-24(10-8-16)18(26)15-3-5-17(6-4-15)20(21,22)23/h3-6,13-14,16H,7-12H2,1-2H3/t13-,14+. The predicted octanol–water partition coefficient (Wildman–Crippen LogP) is 3.19. The summed E-state index contributed by atoms with van der Waals surface area (Å²) in [5.41, 5.74) is -0.545. The number of alkyl halides is 3. The van der Waals surface area contributed by atoms with Crippen molar-refractivity contribution in [3.8, 4) is 0 Å². The molecule has 2 amide bonds. The van der Waals surface area contributed by atoms with E-state index in [9.17, 15) is 22.8 Å². The summed E-state index contributed by atoms with van der Waals surface area (Å²) in [5, 5.41) is 0. The van der Waals surface area contributed by atoms with Gasteiger partial charge in [-0.2, -0.15) is 13.2 Å². The molecule has 0 aliphatic carbocycles. The normalized spacial score (nSPS) is 24.3. The number of hydrogen-bond acceptors (Lipinski definition) is 3. The molecule has 5 nitrogen and oxygen atoms in total. The average molecular weight is 398 g/mol. The largest absolute Gasteiger partial charge is 0.416 e. The number of nitrogens with zero attached hydrogens (tertiary/aromatic N) is 2. The first kappa shape index (κ1) is 20.6. The van der Waals surface area contributed by atoms with Crippen molar-refractivity contribution in [1.29, 1.82) is 0 Å². The fourth-order valence-corrected chi connectivity index (χ4v) is 3.93. The van der Waals surface area contributed by atoms with Gasteiger partial charge >= 0.3 is 6.18 Å². The van der Waals surface area contributed by atoms with Gasteiger partial charge in [-0.3, -0.25) is 9.59 Å². The van der Waals surface area contributed by atoms with Gasteiger partial charge in [0.15, 0.2) is 0 Å². The summed E-state index contributed by atoms with van der Waals surface area (Å²) < 4.78 is 43.6. The van der Waals surface area contributed by atoms with Gasteiger partial charge in [-0.25, -0.2) is 0 Å². The molecular weight excluding hydrogens is 373 g/mol. The zero-order chi connectivity index (χ0) is 20.5. The van der Waals surface area contributed by atoms with Gasteiger partial charge in [0.25, 0.3) is 5.91 Å². The molecule has 1 aromatic carbocycles. The number of carbonyl (C=O) groups excluding carboxylic acids is 2. The van der Waals surface area contributed by atoms with Gasteiger partial charge in [0.2, 0.25) is 5.91 Å². The van der Waals surface area contributed by atoms with Gasteiger partial charge in [-0.1, -0.05) is 0 Å². The van der Waals surface area contributed by atoms with E-state index in [0.717, 1.165) is 12.1 Å². The molecule has 2 aliphatic rings. The summed E-state index contributed by atoms with van der Waals surface area (Å²) >= 11 is 0. The van der Waals surface area contributed by atoms with Crippen LogP contribution in [0.25, 0.3) is 0 Å². The second-order valence-electron chi connectivity index (χ2n) is 7.64. The highest BCUT2D eigenvalue weighted by atomic mass is 19.4. The third-order valence-electron chi connectivity index (χ3n) is 5.32. The Morgan fingerprint density at radius 2 is 1.50 bits per heavy atom. The molecule has 8 heteroatoms. The first-order valence-electron chi connectivity index (χ1n) is 9.56. The number of amides is 2. The van der Waals surface area contributed by atoms with E-state index in [4.69, 9.17) is 4.74 Å². The molecule has 2 fully saturated rings. The Bertz CT molecular complexity index is 702. The SMILES string of the molecule is C[C@@H]1CN(C(=O)C2CCN(C(=O)c3ccc(C(F)(F)F)cc3)CC2)C[C@H](C)O1. The second-order valence-corrected chi connectivity index (χ2v) is 7.64. The Balaban J connectivity index is 1.56. The quantitative estimate of drug-likeness (QED) is 0.769. The van der Waals surface area contributed by atoms with Gasteiger partial charge < -0.3 is 14.5 Å². The van der Waals surface area contributed by atoms with E-state index >= 15 is 0 Å². The van der Waals surface area contributed by atoms with Crippen LogP contribution < -0.4 is 0 Å². The number of rotatable bonds is 2. The van der Waals surface area contributed by atoms with Crippen LogP contribution in [0.2, 0.25) is 0 Å². The molecule has 0 N–H and O–H groups in total. The number of benzene rings is 1. The van der Waals surface area contributed by atoms with Crippen LogP contribution in [0.3, 0.4) is 0 Å². The summed E-state index contributed by atoms with van der Waals surface area (Å²) in [6, 6.07) is 4.26. The molecule has 28 heavy (non-hydrogen) atoms. The molecule has 2 saturated heterocycles. The molecule has 2 heterocycles. The van der Waals surface area contributed by atoms with Gasteiger partial charge in [-0.05, 0) is 51.0 Å². The summed E-state index contributed by atoms with van der Waals surface area (Å²) in [6.45, 7) is 5.89. The van der Waals surface area contributed by atoms with Gasteiger partial charge in [0.05, 0.1) is 17.8 Å². The van der Waals surface area contributed by atoms with E-state index in [-0.39, 0.29) is 35.5 Å². The third kappa shape index (κ3) is 4.66. The molecule has 0 spiro atoms. The van der Waals surface area contributed by atoms with Crippen LogP contribution in [0.5, 0.6) is 0 Å². The fraction of sp³-hybridized carbons (Fsp3) is 0.600. The Kier molecular flexibility index (Phi) is 5.98. The van der Waals surface area contributed by atoms with Crippen LogP contribution in [-0.4, -0.2) is 60.0 Å². The Morgan fingerprint density at radius 1 is 0.964 bits per heavy atom. The van der Waals surface area contributed by atoms with E-state index < -0.39 is 11.7 Å². The lowest BCUT2D eigenvalue weighted by molar-refractivity contribution is -0.148. The highest BCUT2D eigenvalue weighted by Crippen LogP contribution is 2.29. The van der Waals surface area contributed by atoms with Crippen LogP contribution in [-0.2, 0) is 15.7 Å². The number of morpholine rings is 1.